The Morgan fingerprint density at radius 3 is 2.36 bits per heavy atom. The summed E-state index contributed by atoms with van der Waals surface area (Å²) >= 11 is 0. The number of aromatic hydroxyl groups is 1. The second-order valence-electron chi connectivity index (χ2n) is 6.89. The summed E-state index contributed by atoms with van der Waals surface area (Å²) in [5.74, 6) is -0.909. The van der Waals surface area contributed by atoms with E-state index in [4.69, 9.17) is 9.47 Å². The number of esters is 1. The number of phenolic OH excluding ortho intramolecular Hbond substituents is 1. The van der Waals surface area contributed by atoms with Crippen molar-refractivity contribution < 1.29 is 24.3 Å². The molecule has 2 aromatic rings. The lowest BCUT2D eigenvalue weighted by Gasteiger charge is -2.29. The molecule has 1 saturated heterocycles. The molecule has 0 saturated carbocycles. The lowest BCUT2D eigenvalue weighted by atomic mass is 9.75. The molecule has 4 atom stereocenters. The number of carbonyl (C=O) groups excluding carboxylic acids is 1. The molecule has 0 aromatic heterocycles. The highest BCUT2D eigenvalue weighted by molar-refractivity contribution is 5.78. The van der Waals surface area contributed by atoms with Gasteiger partial charge in [0, 0.05) is 17.4 Å². The molecular formula is C20H22N2O6. The summed E-state index contributed by atoms with van der Waals surface area (Å²) < 4.78 is 10.1. The summed E-state index contributed by atoms with van der Waals surface area (Å²) in [6, 6.07) is 11.3. The molecule has 1 fully saturated rings. The lowest BCUT2D eigenvalue weighted by Crippen LogP contribution is -2.45. The van der Waals surface area contributed by atoms with Crippen molar-refractivity contribution in [3.05, 3.63) is 69.8 Å². The van der Waals surface area contributed by atoms with Crippen LogP contribution < -0.4 is 10.1 Å². The van der Waals surface area contributed by atoms with Crippen molar-refractivity contribution >= 4 is 5.97 Å². The third kappa shape index (κ3) is 3.05. The lowest BCUT2D eigenvalue weighted by molar-refractivity contribution is -0.571. The molecule has 1 heterocycles. The fraction of sp³-hybridized carbons (Fsp3) is 0.350. The number of benzene rings is 2. The summed E-state index contributed by atoms with van der Waals surface area (Å²) in [6.45, 7) is 1.48. The van der Waals surface area contributed by atoms with Crippen LogP contribution >= 0.6 is 0 Å². The second kappa shape index (κ2) is 7.47. The Balaban J connectivity index is 2.18. The van der Waals surface area contributed by atoms with Crippen molar-refractivity contribution in [1.29, 1.82) is 0 Å². The minimum absolute atomic E-state index is 0.0768. The van der Waals surface area contributed by atoms with E-state index in [1.807, 2.05) is 0 Å². The van der Waals surface area contributed by atoms with E-state index in [0.29, 0.717) is 16.9 Å². The van der Waals surface area contributed by atoms with Crippen molar-refractivity contribution in [3.8, 4) is 11.5 Å². The van der Waals surface area contributed by atoms with Crippen LogP contribution in [-0.4, -0.2) is 41.8 Å². The molecule has 3 rings (SSSR count). The first-order chi connectivity index (χ1) is 13.3. The smallest absolute Gasteiger partial charge is 0.323 e. The Labute approximate surface area is 162 Å². The van der Waals surface area contributed by atoms with Crippen molar-refractivity contribution in [3.63, 3.8) is 0 Å². The van der Waals surface area contributed by atoms with E-state index in [9.17, 15) is 20.0 Å². The number of phenols is 1. The van der Waals surface area contributed by atoms with Crippen LogP contribution in [0, 0.1) is 10.1 Å². The number of hydrogen-bond donors (Lipinski definition) is 2. The van der Waals surface area contributed by atoms with Gasteiger partial charge in [0.15, 0.2) is 0 Å². The van der Waals surface area contributed by atoms with Gasteiger partial charge in [0.05, 0.1) is 20.1 Å². The van der Waals surface area contributed by atoms with Crippen LogP contribution in [0.5, 0.6) is 11.5 Å². The van der Waals surface area contributed by atoms with Crippen molar-refractivity contribution in [2.75, 3.05) is 14.2 Å². The number of para-hydroxylation sites is 1. The third-order valence-electron chi connectivity index (χ3n) is 5.46. The number of ether oxygens (including phenoxy) is 2. The average Bonchev–Trinajstić information content (AvgIpc) is 3.02. The van der Waals surface area contributed by atoms with Gasteiger partial charge in [-0.3, -0.25) is 20.2 Å². The van der Waals surface area contributed by atoms with Gasteiger partial charge in [-0.1, -0.05) is 30.3 Å². The maximum atomic E-state index is 12.5. The monoisotopic (exact) mass is 386 g/mol. The minimum Gasteiger partial charge on any atom is -0.508 e. The van der Waals surface area contributed by atoms with Gasteiger partial charge in [-0.2, -0.15) is 0 Å². The van der Waals surface area contributed by atoms with E-state index in [0.717, 1.165) is 0 Å². The van der Waals surface area contributed by atoms with Crippen molar-refractivity contribution in [2.24, 2.45) is 0 Å². The fourth-order valence-electron chi connectivity index (χ4n) is 3.99. The maximum Gasteiger partial charge on any atom is 0.323 e. The van der Waals surface area contributed by atoms with E-state index in [1.54, 1.807) is 42.5 Å². The molecule has 0 spiro atoms. The molecule has 0 bridgehead atoms. The highest BCUT2D eigenvalue weighted by atomic mass is 16.6. The zero-order valence-electron chi connectivity index (χ0n) is 15.8. The standard InChI is InChI=1S/C20H22N2O6/c1-20(22(25)26)16(12-8-10-13(27-2)11-9-12)17(19(24)28-3)21-18(20)14-6-4-5-7-15(14)23/h4-11,16-18,21,23H,1-3H3/t16-,17+,18+,20+/m1/s1. The molecule has 148 valence electrons. The van der Waals surface area contributed by atoms with Crippen LogP contribution in [0.4, 0.5) is 0 Å². The van der Waals surface area contributed by atoms with Gasteiger partial charge < -0.3 is 14.6 Å². The zero-order valence-corrected chi connectivity index (χ0v) is 15.8. The number of nitro groups is 1. The topological polar surface area (TPSA) is 111 Å². The Bertz CT molecular complexity index is 885. The number of carbonyl (C=O) groups is 1. The molecule has 0 unspecified atom stereocenters. The van der Waals surface area contributed by atoms with Crippen LogP contribution in [0.15, 0.2) is 48.5 Å². The Morgan fingerprint density at radius 2 is 1.82 bits per heavy atom. The van der Waals surface area contributed by atoms with Gasteiger partial charge in [0.1, 0.15) is 23.6 Å². The van der Waals surface area contributed by atoms with E-state index >= 15 is 0 Å². The summed E-state index contributed by atoms with van der Waals surface area (Å²) in [6.07, 6.45) is 0. The van der Waals surface area contributed by atoms with Crippen LogP contribution in [0.25, 0.3) is 0 Å². The van der Waals surface area contributed by atoms with Crippen LogP contribution in [0.2, 0.25) is 0 Å². The quantitative estimate of drug-likeness (QED) is 0.461. The van der Waals surface area contributed by atoms with E-state index < -0.39 is 34.4 Å². The van der Waals surface area contributed by atoms with Gasteiger partial charge >= 0.3 is 5.97 Å². The van der Waals surface area contributed by atoms with E-state index in [1.165, 1.54) is 27.2 Å². The van der Waals surface area contributed by atoms with Crippen LogP contribution in [0.3, 0.4) is 0 Å². The number of hydrogen-bond acceptors (Lipinski definition) is 7. The van der Waals surface area contributed by atoms with Crippen molar-refractivity contribution in [2.45, 2.75) is 30.5 Å². The first-order valence-corrected chi connectivity index (χ1v) is 8.74. The molecule has 0 amide bonds. The molecule has 2 N–H and O–H groups in total. The van der Waals surface area contributed by atoms with E-state index in [-0.39, 0.29) is 5.75 Å². The number of methoxy groups -OCH3 is 2. The van der Waals surface area contributed by atoms with Gasteiger partial charge in [-0.15, -0.1) is 0 Å². The molecule has 28 heavy (non-hydrogen) atoms. The third-order valence-corrected chi connectivity index (χ3v) is 5.46. The number of rotatable bonds is 5. The summed E-state index contributed by atoms with van der Waals surface area (Å²) in [5.41, 5.74) is -0.667. The summed E-state index contributed by atoms with van der Waals surface area (Å²) in [4.78, 5) is 24.4. The normalized spacial score (nSPS) is 26.6. The summed E-state index contributed by atoms with van der Waals surface area (Å²) in [5, 5.41) is 25.6. The molecule has 2 aromatic carbocycles. The number of nitrogens with zero attached hydrogens (tertiary/aromatic N) is 1. The first kappa shape index (κ1) is 19.6. The Hall–Kier alpha value is -3.13. The van der Waals surface area contributed by atoms with E-state index in [2.05, 4.69) is 5.32 Å². The SMILES string of the molecule is COC(=O)[C@H]1N[C@@H](c2ccccc2O)[C@@](C)([N+](=O)[O-])[C@@H]1c1ccc(OC)cc1. The molecule has 1 aliphatic rings. The fourth-order valence-corrected chi connectivity index (χ4v) is 3.99. The zero-order chi connectivity index (χ0) is 20.5. The van der Waals surface area contributed by atoms with Crippen LogP contribution in [-0.2, 0) is 9.53 Å². The largest absolute Gasteiger partial charge is 0.508 e. The van der Waals surface area contributed by atoms with Gasteiger partial charge in [-0.05, 0) is 23.8 Å². The average molecular weight is 386 g/mol. The molecule has 0 aliphatic carbocycles. The maximum absolute atomic E-state index is 12.5. The minimum atomic E-state index is -1.62. The molecule has 8 nitrogen and oxygen atoms in total. The second-order valence-corrected chi connectivity index (χ2v) is 6.89. The van der Waals surface area contributed by atoms with Gasteiger partial charge in [0.2, 0.25) is 5.54 Å². The molecular weight excluding hydrogens is 364 g/mol. The summed E-state index contributed by atoms with van der Waals surface area (Å²) in [7, 11) is 2.77. The Kier molecular flexibility index (Phi) is 5.24. The Morgan fingerprint density at radius 1 is 1.18 bits per heavy atom. The number of nitrogens with one attached hydrogen (secondary N) is 1. The predicted molar refractivity (Wildman–Crippen MR) is 101 cm³/mol. The van der Waals surface area contributed by atoms with Crippen LogP contribution in [0.1, 0.15) is 30.0 Å². The first-order valence-electron chi connectivity index (χ1n) is 8.74. The van der Waals surface area contributed by atoms with Crippen molar-refractivity contribution in [1.82, 2.24) is 5.32 Å². The van der Waals surface area contributed by atoms with Gasteiger partial charge in [-0.25, -0.2) is 0 Å². The highest BCUT2D eigenvalue weighted by Crippen LogP contribution is 2.50. The highest BCUT2D eigenvalue weighted by Gasteiger charge is 2.64. The molecule has 0 radical (unpaired) electrons. The van der Waals surface area contributed by atoms with Gasteiger partial charge in [0.25, 0.3) is 0 Å². The molecule has 1 aliphatic heterocycles. The molecule has 8 heteroatoms. The predicted octanol–water partition coefficient (Wildman–Crippen LogP) is 2.41.